The Labute approximate surface area is 143 Å². The van der Waals surface area contributed by atoms with Crippen molar-refractivity contribution in [1.29, 1.82) is 0 Å². The minimum Gasteiger partial charge on any atom is -0.321 e. The molecule has 126 valence electrons. The minimum atomic E-state index is -0.465. The SMILES string of the molecule is CC(=O)Nc1cc(C(=O)Nc2ccc(F)cc2)nn1-c1ccccc1. The number of nitrogens with zero attached hydrogens (tertiary/aromatic N) is 2. The fourth-order valence-electron chi connectivity index (χ4n) is 2.26. The van der Waals surface area contributed by atoms with Gasteiger partial charge in [0.05, 0.1) is 5.69 Å². The van der Waals surface area contributed by atoms with Crippen LogP contribution in [-0.2, 0) is 4.79 Å². The molecule has 0 fully saturated rings. The summed E-state index contributed by atoms with van der Waals surface area (Å²) in [6, 6.07) is 16.0. The number of para-hydroxylation sites is 1. The molecule has 0 saturated heterocycles. The van der Waals surface area contributed by atoms with E-state index in [2.05, 4.69) is 15.7 Å². The minimum absolute atomic E-state index is 0.122. The summed E-state index contributed by atoms with van der Waals surface area (Å²) in [5.41, 5.74) is 1.27. The Balaban J connectivity index is 1.91. The molecule has 2 aromatic carbocycles. The topological polar surface area (TPSA) is 76.0 Å². The summed E-state index contributed by atoms with van der Waals surface area (Å²) in [7, 11) is 0. The van der Waals surface area contributed by atoms with Crippen LogP contribution < -0.4 is 10.6 Å². The van der Waals surface area contributed by atoms with Gasteiger partial charge in [-0.3, -0.25) is 9.59 Å². The van der Waals surface area contributed by atoms with Crippen LogP contribution in [-0.4, -0.2) is 21.6 Å². The number of anilines is 2. The molecular weight excluding hydrogens is 323 g/mol. The Morgan fingerprint density at radius 1 is 1.00 bits per heavy atom. The second-order valence-electron chi connectivity index (χ2n) is 5.30. The van der Waals surface area contributed by atoms with Crippen LogP contribution in [0.4, 0.5) is 15.9 Å². The zero-order chi connectivity index (χ0) is 17.8. The number of hydrogen-bond acceptors (Lipinski definition) is 3. The maximum absolute atomic E-state index is 12.9. The number of nitrogens with one attached hydrogen (secondary N) is 2. The molecule has 0 bridgehead atoms. The number of carbonyl (C=O) groups is 2. The van der Waals surface area contributed by atoms with Crippen LogP contribution >= 0.6 is 0 Å². The van der Waals surface area contributed by atoms with Crippen LogP contribution in [0.2, 0.25) is 0 Å². The Morgan fingerprint density at radius 3 is 2.32 bits per heavy atom. The molecule has 0 atom stereocenters. The summed E-state index contributed by atoms with van der Waals surface area (Å²) in [6.45, 7) is 1.38. The number of rotatable bonds is 4. The molecule has 0 aliphatic heterocycles. The average Bonchev–Trinajstić information content (AvgIpc) is 3.01. The Hall–Kier alpha value is -3.48. The van der Waals surface area contributed by atoms with Crippen molar-refractivity contribution < 1.29 is 14.0 Å². The van der Waals surface area contributed by atoms with E-state index in [0.717, 1.165) is 0 Å². The smallest absolute Gasteiger partial charge is 0.276 e. The zero-order valence-electron chi connectivity index (χ0n) is 13.4. The van der Waals surface area contributed by atoms with E-state index in [0.29, 0.717) is 17.2 Å². The lowest BCUT2D eigenvalue weighted by Gasteiger charge is -2.06. The quantitative estimate of drug-likeness (QED) is 0.767. The van der Waals surface area contributed by atoms with Gasteiger partial charge in [0.25, 0.3) is 5.91 Å². The van der Waals surface area contributed by atoms with Gasteiger partial charge in [-0.1, -0.05) is 18.2 Å². The van der Waals surface area contributed by atoms with E-state index in [1.807, 2.05) is 18.2 Å². The van der Waals surface area contributed by atoms with Crippen molar-refractivity contribution in [2.24, 2.45) is 0 Å². The number of aromatic nitrogens is 2. The summed E-state index contributed by atoms with van der Waals surface area (Å²) in [5, 5.41) is 9.55. The van der Waals surface area contributed by atoms with Gasteiger partial charge in [-0.25, -0.2) is 9.07 Å². The lowest BCUT2D eigenvalue weighted by Crippen LogP contribution is -2.13. The molecule has 3 aromatic rings. The summed E-state index contributed by atoms with van der Waals surface area (Å²) in [5.74, 6) is -0.752. The molecule has 0 spiro atoms. The fraction of sp³-hybridized carbons (Fsp3) is 0.0556. The largest absolute Gasteiger partial charge is 0.321 e. The van der Waals surface area contributed by atoms with Gasteiger partial charge in [-0.15, -0.1) is 0 Å². The van der Waals surface area contributed by atoms with Gasteiger partial charge >= 0.3 is 0 Å². The molecule has 3 rings (SSSR count). The van der Waals surface area contributed by atoms with Crippen molar-refractivity contribution >= 4 is 23.3 Å². The molecule has 2 N–H and O–H groups in total. The van der Waals surface area contributed by atoms with Crippen LogP contribution in [0.5, 0.6) is 0 Å². The molecule has 25 heavy (non-hydrogen) atoms. The van der Waals surface area contributed by atoms with E-state index in [4.69, 9.17) is 0 Å². The molecule has 2 amide bonds. The Morgan fingerprint density at radius 2 is 1.68 bits per heavy atom. The van der Waals surface area contributed by atoms with Gasteiger partial charge in [0.1, 0.15) is 11.6 Å². The van der Waals surface area contributed by atoms with Gasteiger partial charge in [0.2, 0.25) is 5.91 Å². The predicted octanol–water partition coefficient (Wildman–Crippen LogP) is 3.22. The first-order valence-corrected chi connectivity index (χ1v) is 7.53. The normalized spacial score (nSPS) is 10.3. The first-order chi connectivity index (χ1) is 12.0. The highest BCUT2D eigenvalue weighted by atomic mass is 19.1. The standard InChI is InChI=1S/C18H15FN4O2/c1-12(24)20-17-11-16(22-23(17)15-5-3-2-4-6-15)18(25)21-14-9-7-13(19)8-10-14/h2-11H,1H3,(H,20,24)(H,21,25). The Kier molecular flexibility index (Phi) is 4.56. The molecule has 1 heterocycles. The Bertz CT molecular complexity index is 905. The van der Waals surface area contributed by atoms with Gasteiger partial charge in [-0.05, 0) is 36.4 Å². The van der Waals surface area contributed by atoms with Crippen molar-refractivity contribution in [2.75, 3.05) is 10.6 Å². The van der Waals surface area contributed by atoms with Crippen molar-refractivity contribution in [2.45, 2.75) is 6.92 Å². The number of hydrogen-bond donors (Lipinski definition) is 2. The van der Waals surface area contributed by atoms with Gasteiger partial charge in [-0.2, -0.15) is 5.10 Å². The number of halogens is 1. The van der Waals surface area contributed by atoms with E-state index in [1.54, 1.807) is 12.1 Å². The van der Waals surface area contributed by atoms with Gasteiger partial charge in [0.15, 0.2) is 5.69 Å². The second kappa shape index (κ2) is 6.96. The van der Waals surface area contributed by atoms with Gasteiger partial charge in [0, 0.05) is 18.7 Å². The third-order valence-corrected chi connectivity index (χ3v) is 3.35. The fourth-order valence-corrected chi connectivity index (χ4v) is 2.26. The van der Waals surface area contributed by atoms with E-state index in [9.17, 15) is 14.0 Å². The van der Waals surface area contributed by atoms with Crippen LogP contribution in [0.25, 0.3) is 5.69 Å². The average molecular weight is 338 g/mol. The third-order valence-electron chi connectivity index (χ3n) is 3.35. The lowest BCUT2D eigenvalue weighted by molar-refractivity contribution is -0.114. The molecule has 0 aliphatic carbocycles. The van der Waals surface area contributed by atoms with Crippen LogP contribution in [0.15, 0.2) is 60.7 Å². The molecule has 0 aliphatic rings. The molecule has 6 nitrogen and oxygen atoms in total. The second-order valence-corrected chi connectivity index (χ2v) is 5.30. The number of carbonyl (C=O) groups excluding carboxylic acids is 2. The maximum atomic E-state index is 12.9. The van der Waals surface area contributed by atoms with E-state index in [-0.39, 0.29) is 17.4 Å². The van der Waals surface area contributed by atoms with E-state index in [1.165, 1.54) is 41.9 Å². The highest BCUT2D eigenvalue weighted by molar-refractivity contribution is 6.04. The predicted molar refractivity (Wildman–Crippen MR) is 92.2 cm³/mol. The summed E-state index contributed by atoms with van der Waals surface area (Å²) >= 11 is 0. The highest BCUT2D eigenvalue weighted by Gasteiger charge is 2.16. The van der Waals surface area contributed by atoms with Crippen LogP contribution in [0.1, 0.15) is 17.4 Å². The zero-order valence-corrected chi connectivity index (χ0v) is 13.4. The molecule has 0 unspecified atom stereocenters. The monoisotopic (exact) mass is 338 g/mol. The summed E-state index contributed by atoms with van der Waals surface area (Å²) in [4.78, 5) is 23.8. The maximum Gasteiger partial charge on any atom is 0.276 e. The van der Waals surface area contributed by atoms with E-state index >= 15 is 0 Å². The first-order valence-electron chi connectivity index (χ1n) is 7.53. The molecule has 1 aromatic heterocycles. The van der Waals surface area contributed by atoms with Crippen molar-refractivity contribution in [3.63, 3.8) is 0 Å². The molecular formula is C18H15FN4O2. The summed E-state index contributed by atoms with van der Waals surface area (Å²) in [6.07, 6.45) is 0. The van der Waals surface area contributed by atoms with E-state index < -0.39 is 5.91 Å². The molecule has 0 saturated carbocycles. The number of amides is 2. The van der Waals surface area contributed by atoms with Crippen molar-refractivity contribution in [3.05, 3.63) is 72.2 Å². The first kappa shape index (κ1) is 16.4. The summed E-state index contributed by atoms with van der Waals surface area (Å²) < 4.78 is 14.4. The van der Waals surface area contributed by atoms with Crippen molar-refractivity contribution in [1.82, 2.24) is 9.78 Å². The third kappa shape index (κ3) is 3.89. The molecule has 0 radical (unpaired) electrons. The molecule has 7 heteroatoms. The number of benzene rings is 2. The lowest BCUT2D eigenvalue weighted by atomic mass is 10.3. The highest BCUT2D eigenvalue weighted by Crippen LogP contribution is 2.18. The van der Waals surface area contributed by atoms with Gasteiger partial charge < -0.3 is 10.6 Å². The van der Waals surface area contributed by atoms with Crippen molar-refractivity contribution in [3.8, 4) is 5.69 Å². The van der Waals surface area contributed by atoms with Crippen LogP contribution in [0.3, 0.4) is 0 Å². The van der Waals surface area contributed by atoms with Crippen LogP contribution in [0, 0.1) is 5.82 Å².